The highest BCUT2D eigenvalue weighted by atomic mass is 79.9. The Kier molecular flexibility index (Phi) is 5.69. The van der Waals surface area contributed by atoms with Crippen molar-refractivity contribution in [3.8, 4) is 11.5 Å². The van der Waals surface area contributed by atoms with E-state index in [-0.39, 0.29) is 17.1 Å². The Balaban J connectivity index is 1.57. The van der Waals surface area contributed by atoms with Gasteiger partial charge in [-0.25, -0.2) is 0 Å². The first-order valence-corrected chi connectivity index (χ1v) is 12.7. The minimum absolute atomic E-state index is 0.0671. The third-order valence-corrected chi connectivity index (χ3v) is 7.25. The molecule has 0 saturated heterocycles. The summed E-state index contributed by atoms with van der Waals surface area (Å²) < 4.78 is 12.9. The van der Waals surface area contributed by atoms with Crippen molar-refractivity contribution in [2.75, 3.05) is 4.90 Å². The molecule has 0 fully saturated rings. The predicted octanol–water partition coefficient (Wildman–Crippen LogP) is 7.71. The Morgan fingerprint density at radius 2 is 1.59 bits per heavy atom. The number of carbonyl (C=O) groups is 1. The average Bonchev–Trinajstić information content (AvgIpc) is 3.19. The maximum Gasteiger partial charge on any atom is 0.295 e. The number of para-hydroxylation sites is 1. The first-order chi connectivity index (χ1) is 17.9. The third kappa shape index (κ3) is 4.03. The lowest BCUT2D eigenvalue weighted by Crippen LogP contribution is -2.29. The Bertz CT molecular complexity index is 1740. The van der Waals surface area contributed by atoms with Gasteiger partial charge in [0.2, 0.25) is 5.76 Å². The van der Waals surface area contributed by atoms with Gasteiger partial charge in [0.15, 0.2) is 5.43 Å². The van der Waals surface area contributed by atoms with Gasteiger partial charge in [-0.3, -0.25) is 14.5 Å². The maximum atomic E-state index is 13.9. The second-order valence-corrected chi connectivity index (χ2v) is 10.1. The number of aryl methyl sites for hydroxylation is 2. The highest BCUT2D eigenvalue weighted by Gasteiger charge is 2.43. The quantitative estimate of drug-likeness (QED) is 0.229. The fourth-order valence-electron chi connectivity index (χ4n) is 4.77. The molecule has 182 valence electrons. The number of benzene rings is 4. The number of hydrogen-bond acceptors (Lipinski definition) is 4. The summed E-state index contributed by atoms with van der Waals surface area (Å²) in [6.45, 7) is 4.03. The standard InChI is InChI=1S/C31H22BrNO4/c1-18-11-13-22(15-19(18)2)33-28(20-7-6-10-24(16-20)36-23-8-4-3-5-9-23)27-29(34)25-17-21(32)12-14-26(25)37-30(27)31(33)35/h3-17,28H,1-2H3. The van der Waals surface area contributed by atoms with Crippen molar-refractivity contribution >= 4 is 38.5 Å². The average molecular weight is 552 g/mol. The molecular weight excluding hydrogens is 530 g/mol. The summed E-state index contributed by atoms with van der Waals surface area (Å²) in [5, 5.41) is 0.421. The monoisotopic (exact) mass is 551 g/mol. The molecule has 6 heteroatoms. The second-order valence-electron chi connectivity index (χ2n) is 9.15. The largest absolute Gasteiger partial charge is 0.457 e. The Morgan fingerprint density at radius 3 is 2.38 bits per heavy atom. The Hall–Kier alpha value is -4.16. The number of rotatable bonds is 4. The molecule has 37 heavy (non-hydrogen) atoms. The molecule has 2 heterocycles. The van der Waals surface area contributed by atoms with Gasteiger partial charge in [-0.05, 0) is 85.1 Å². The lowest BCUT2D eigenvalue weighted by atomic mass is 9.97. The number of hydrogen-bond donors (Lipinski definition) is 0. The first kappa shape index (κ1) is 23.3. The van der Waals surface area contributed by atoms with Crippen molar-refractivity contribution in [1.29, 1.82) is 0 Å². The van der Waals surface area contributed by atoms with Gasteiger partial charge >= 0.3 is 0 Å². The SMILES string of the molecule is Cc1ccc(N2C(=O)c3oc4ccc(Br)cc4c(=O)c3C2c2cccc(Oc3ccccc3)c2)cc1C. The Morgan fingerprint density at radius 1 is 0.811 bits per heavy atom. The molecule has 1 amide bonds. The summed E-state index contributed by atoms with van der Waals surface area (Å²) >= 11 is 3.45. The number of amides is 1. The maximum absolute atomic E-state index is 13.9. The van der Waals surface area contributed by atoms with Crippen LogP contribution in [0.5, 0.6) is 11.5 Å². The molecular formula is C31H22BrNO4. The zero-order valence-corrected chi connectivity index (χ0v) is 21.8. The van der Waals surface area contributed by atoms with Crippen molar-refractivity contribution < 1.29 is 13.9 Å². The fourth-order valence-corrected chi connectivity index (χ4v) is 5.14. The molecule has 5 aromatic rings. The van der Waals surface area contributed by atoms with E-state index in [2.05, 4.69) is 15.9 Å². The van der Waals surface area contributed by atoms with Gasteiger partial charge in [0.25, 0.3) is 5.91 Å². The molecule has 1 aliphatic rings. The van der Waals surface area contributed by atoms with E-state index in [1.165, 1.54) is 0 Å². The molecule has 6 rings (SSSR count). The van der Waals surface area contributed by atoms with Crippen molar-refractivity contribution in [1.82, 2.24) is 0 Å². The van der Waals surface area contributed by atoms with Crippen molar-refractivity contribution in [3.63, 3.8) is 0 Å². The van der Waals surface area contributed by atoms with Gasteiger partial charge in [-0.15, -0.1) is 0 Å². The van der Waals surface area contributed by atoms with Crippen LogP contribution in [0, 0.1) is 13.8 Å². The Labute approximate surface area is 222 Å². The zero-order valence-electron chi connectivity index (χ0n) is 20.2. The van der Waals surface area contributed by atoms with Gasteiger partial charge in [0, 0.05) is 10.2 Å². The van der Waals surface area contributed by atoms with Gasteiger partial charge in [0.05, 0.1) is 17.0 Å². The minimum Gasteiger partial charge on any atom is -0.457 e. The number of nitrogens with zero attached hydrogens (tertiary/aromatic N) is 1. The molecule has 4 aromatic carbocycles. The van der Waals surface area contributed by atoms with Gasteiger partial charge < -0.3 is 9.15 Å². The van der Waals surface area contributed by atoms with Crippen LogP contribution >= 0.6 is 15.9 Å². The van der Waals surface area contributed by atoms with Crippen LogP contribution in [0.25, 0.3) is 11.0 Å². The van der Waals surface area contributed by atoms with Crippen LogP contribution in [-0.2, 0) is 0 Å². The van der Waals surface area contributed by atoms with Gasteiger partial charge in [-0.1, -0.05) is 52.3 Å². The third-order valence-electron chi connectivity index (χ3n) is 6.75. The number of ether oxygens (including phenoxy) is 1. The van der Waals surface area contributed by atoms with Gasteiger partial charge in [0.1, 0.15) is 17.1 Å². The van der Waals surface area contributed by atoms with E-state index in [1.54, 1.807) is 23.1 Å². The van der Waals surface area contributed by atoms with E-state index < -0.39 is 6.04 Å². The molecule has 1 aromatic heterocycles. The normalized spacial score (nSPS) is 14.7. The van der Waals surface area contributed by atoms with Crippen LogP contribution in [0.4, 0.5) is 5.69 Å². The van der Waals surface area contributed by atoms with E-state index in [9.17, 15) is 9.59 Å². The molecule has 0 saturated carbocycles. The number of anilines is 1. The van der Waals surface area contributed by atoms with E-state index in [0.717, 1.165) is 21.2 Å². The summed E-state index contributed by atoms with van der Waals surface area (Å²) in [6.07, 6.45) is 0. The summed E-state index contributed by atoms with van der Waals surface area (Å²) in [7, 11) is 0. The van der Waals surface area contributed by atoms with Crippen LogP contribution in [0.15, 0.2) is 105 Å². The molecule has 0 N–H and O–H groups in total. The molecule has 5 nitrogen and oxygen atoms in total. The molecule has 0 radical (unpaired) electrons. The number of halogens is 1. The molecule has 0 spiro atoms. The van der Waals surface area contributed by atoms with Crippen LogP contribution < -0.4 is 15.1 Å². The first-order valence-electron chi connectivity index (χ1n) is 11.9. The molecule has 0 aliphatic carbocycles. The number of fused-ring (bicyclic) bond motifs is 2. The topological polar surface area (TPSA) is 59.8 Å². The lowest BCUT2D eigenvalue weighted by molar-refractivity contribution is 0.0971. The zero-order chi connectivity index (χ0) is 25.7. The smallest absolute Gasteiger partial charge is 0.295 e. The van der Waals surface area contributed by atoms with Crippen LogP contribution in [0.1, 0.15) is 38.9 Å². The predicted molar refractivity (Wildman–Crippen MR) is 148 cm³/mol. The summed E-state index contributed by atoms with van der Waals surface area (Å²) in [4.78, 5) is 29.4. The van der Waals surface area contributed by atoms with E-state index in [0.29, 0.717) is 33.7 Å². The summed E-state index contributed by atoms with van der Waals surface area (Å²) in [6, 6.07) is 27.4. The van der Waals surface area contributed by atoms with E-state index in [4.69, 9.17) is 9.15 Å². The summed E-state index contributed by atoms with van der Waals surface area (Å²) in [5.74, 6) is 1.03. The van der Waals surface area contributed by atoms with E-state index >= 15 is 0 Å². The molecule has 1 unspecified atom stereocenters. The fraction of sp³-hybridized carbons (Fsp3) is 0.0968. The van der Waals surface area contributed by atoms with Crippen LogP contribution in [0.2, 0.25) is 0 Å². The molecule has 1 atom stereocenters. The molecule has 0 bridgehead atoms. The van der Waals surface area contributed by atoms with E-state index in [1.807, 2.05) is 86.6 Å². The minimum atomic E-state index is -0.677. The van der Waals surface area contributed by atoms with Gasteiger partial charge in [-0.2, -0.15) is 0 Å². The summed E-state index contributed by atoms with van der Waals surface area (Å²) in [5.41, 5.74) is 4.09. The van der Waals surface area contributed by atoms with Crippen molar-refractivity contribution in [2.45, 2.75) is 19.9 Å². The molecule has 1 aliphatic heterocycles. The number of carbonyl (C=O) groups excluding carboxylic acids is 1. The second kappa shape index (κ2) is 9.05. The van der Waals surface area contributed by atoms with Crippen molar-refractivity contribution in [2.24, 2.45) is 0 Å². The van der Waals surface area contributed by atoms with Crippen LogP contribution in [-0.4, -0.2) is 5.91 Å². The highest BCUT2D eigenvalue weighted by Crippen LogP contribution is 2.42. The lowest BCUT2D eigenvalue weighted by Gasteiger charge is -2.26. The highest BCUT2D eigenvalue weighted by molar-refractivity contribution is 9.10. The van der Waals surface area contributed by atoms with Crippen LogP contribution in [0.3, 0.4) is 0 Å². The van der Waals surface area contributed by atoms with Crippen molar-refractivity contribution in [3.05, 3.63) is 134 Å².